The fraction of sp³-hybridized carbons (Fsp3) is 0.421. The van der Waals surface area contributed by atoms with E-state index in [1.807, 2.05) is 35.4 Å². The summed E-state index contributed by atoms with van der Waals surface area (Å²) in [4.78, 5) is 22.2. The van der Waals surface area contributed by atoms with E-state index in [-0.39, 0.29) is 12.0 Å². The van der Waals surface area contributed by atoms with Crippen LogP contribution in [0.3, 0.4) is 0 Å². The van der Waals surface area contributed by atoms with Crippen LogP contribution in [0.2, 0.25) is 0 Å². The van der Waals surface area contributed by atoms with Crippen LogP contribution in [-0.4, -0.2) is 51.7 Å². The van der Waals surface area contributed by atoms with Crippen molar-refractivity contribution in [1.82, 2.24) is 20.0 Å². The summed E-state index contributed by atoms with van der Waals surface area (Å²) in [5, 5.41) is 4.84. The fourth-order valence-electron chi connectivity index (χ4n) is 3.46. The number of fused-ring (bicyclic) bond motifs is 1. The smallest absolute Gasteiger partial charge is 0.254 e. The molecule has 1 atom stereocenters. The highest BCUT2D eigenvalue weighted by Crippen LogP contribution is 2.22. The number of rotatable bonds is 5. The van der Waals surface area contributed by atoms with E-state index in [0.29, 0.717) is 31.3 Å². The van der Waals surface area contributed by atoms with Gasteiger partial charge in [0.25, 0.3) is 5.91 Å². The van der Waals surface area contributed by atoms with Crippen LogP contribution in [0.15, 0.2) is 35.0 Å². The molecule has 3 heterocycles. The lowest BCUT2D eigenvalue weighted by Gasteiger charge is -2.32. The maximum Gasteiger partial charge on any atom is 0.254 e. The second-order valence-electron chi connectivity index (χ2n) is 6.61. The molecule has 1 unspecified atom stereocenters. The first-order valence-corrected chi connectivity index (χ1v) is 8.97. The van der Waals surface area contributed by atoms with Gasteiger partial charge in [0.15, 0.2) is 5.82 Å². The molecule has 0 spiro atoms. The lowest BCUT2D eigenvalue weighted by Crippen LogP contribution is -2.43. The lowest BCUT2D eigenvalue weighted by atomic mass is 10.0. The fourth-order valence-corrected chi connectivity index (χ4v) is 3.46. The number of likely N-dealkylation sites (tertiary alicyclic amines) is 1. The predicted octanol–water partition coefficient (Wildman–Crippen LogP) is 2.72. The number of aromatic nitrogens is 3. The largest absolute Gasteiger partial charge is 0.376 e. The van der Waals surface area contributed by atoms with Gasteiger partial charge in [0, 0.05) is 49.1 Å². The van der Waals surface area contributed by atoms with Crippen molar-refractivity contribution in [1.29, 1.82) is 0 Å². The number of carbonyl (C=O) groups excluding carboxylic acids is 1. The quantitative estimate of drug-likeness (QED) is 0.761. The Labute approximate surface area is 151 Å². The number of piperidine rings is 1. The topological polar surface area (TPSA) is 84.2 Å². The van der Waals surface area contributed by atoms with E-state index in [2.05, 4.69) is 15.1 Å². The number of benzene rings is 1. The van der Waals surface area contributed by atoms with E-state index < -0.39 is 0 Å². The average molecular weight is 354 g/mol. The van der Waals surface area contributed by atoms with E-state index in [9.17, 15) is 4.79 Å². The maximum absolute atomic E-state index is 13.0. The highest BCUT2D eigenvalue weighted by molar-refractivity contribution is 6.06. The van der Waals surface area contributed by atoms with Gasteiger partial charge in [-0.3, -0.25) is 4.79 Å². The van der Waals surface area contributed by atoms with Crippen molar-refractivity contribution >= 4 is 16.8 Å². The Bertz CT molecular complexity index is 901. The highest BCUT2D eigenvalue weighted by Gasteiger charge is 2.26. The van der Waals surface area contributed by atoms with Gasteiger partial charge in [-0.2, -0.15) is 4.98 Å². The molecule has 0 radical (unpaired) electrons. The summed E-state index contributed by atoms with van der Waals surface area (Å²) in [5.74, 6) is 1.29. The number of amides is 1. The molecule has 136 valence electrons. The molecule has 1 fully saturated rings. The Morgan fingerprint density at radius 2 is 2.35 bits per heavy atom. The first-order valence-electron chi connectivity index (χ1n) is 8.97. The van der Waals surface area contributed by atoms with Gasteiger partial charge in [0.1, 0.15) is 0 Å². The number of hydrogen-bond acceptors (Lipinski definition) is 5. The van der Waals surface area contributed by atoms with Crippen molar-refractivity contribution in [2.45, 2.75) is 32.3 Å². The summed E-state index contributed by atoms with van der Waals surface area (Å²) >= 11 is 0. The lowest BCUT2D eigenvalue weighted by molar-refractivity contribution is 0.00258. The second-order valence-corrected chi connectivity index (χ2v) is 6.61. The summed E-state index contributed by atoms with van der Waals surface area (Å²) in [6.07, 6.45) is 4.43. The van der Waals surface area contributed by atoms with Crippen LogP contribution in [0.1, 0.15) is 34.9 Å². The van der Waals surface area contributed by atoms with E-state index in [1.165, 1.54) is 0 Å². The molecule has 26 heavy (non-hydrogen) atoms. The van der Waals surface area contributed by atoms with Gasteiger partial charge in [-0.15, -0.1) is 0 Å². The van der Waals surface area contributed by atoms with Crippen molar-refractivity contribution in [3.8, 4) is 0 Å². The van der Waals surface area contributed by atoms with E-state index in [0.717, 1.165) is 35.9 Å². The third kappa shape index (κ3) is 3.48. The van der Waals surface area contributed by atoms with Gasteiger partial charge in [0.2, 0.25) is 5.89 Å². The number of carbonyl (C=O) groups is 1. The number of ether oxygens (including phenoxy) is 1. The van der Waals surface area contributed by atoms with Gasteiger partial charge < -0.3 is 19.1 Å². The number of H-pyrrole nitrogens is 1. The van der Waals surface area contributed by atoms with Crippen molar-refractivity contribution < 1.29 is 14.1 Å². The van der Waals surface area contributed by atoms with Crippen LogP contribution in [-0.2, 0) is 11.2 Å². The molecule has 1 saturated heterocycles. The maximum atomic E-state index is 13.0. The normalized spacial score (nSPS) is 17.7. The van der Waals surface area contributed by atoms with Crippen LogP contribution >= 0.6 is 0 Å². The monoisotopic (exact) mass is 354 g/mol. The molecule has 7 nitrogen and oxygen atoms in total. The SMILES string of the molecule is Cc1nc(CCOC2CCCN(C(=O)c3cccc4[nH]ccc34)C2)no1. The third-order valence-electron chi connectivity index (χ3n) is 4.74. The predicted molar refractivity (Wildman–Crippen MR) is 95.9 cm³/mol. The van der Waals surface area contributed by atoms with E-state index >= 15 is 0 Å². The molecule has 4 rings (SSSR count). The molecule has 1 N–H and O–H groups in total. The van der Waals surface area contributed by atoms with Crippen LogP contribution in [0.5, 0.6) is 0 Å². The molecule has 1 aliphatic rings. The molecule has 0 saturated carbocycles. The van der Waals surface area contributed by atoms with Crippen molar-refractivity contribution in [2.75, 3.05) is 19.7 Å². The minimum Gasteiger partial charge on any atom is -0.376 e. The van der Waals surface area contributed by atoms with E-state index in [4.69, 9.17) is 9.26 Å². The first kappa shape index (κ1) is 16.8. The molecular formula is C19H22N4O3. The van der Waals surface area contributed by atoms with Gasteiger partial charge in [0.05, 0.1) is 12.7 Å². The highest BCUT2D eigenvalue weighted by atomic mass is 16.5. The van der Waals surface area contributed by atoms with Crippen molar-refractivity contribution in [2.24, 2.45) is 0 Å². The zero-order valence-electron chi connectivity index (χ0n) is 14.8. The summed E-state index contributed by atoms with van der Waals surface area (Å²) in [7, 11) is 0. The van der Waals surface area contributed by atoms with E-state index in [1.54, 1.807) is 6.92 Å². The molecular weight excluding hydrogens is 332 g/mol. The average Bonchev–Trinajstić information content (AvgIpc) is 3.30. The summed E-state index contributed by atoms with van der Waals surface area (Å²) < 4.78 is 10.9. The Kier molecular flexibility index (Phi) is 4.71. The molecule has 1 aliphatic heterocycles. The minimum atomic E-state index is 0.0473. The van der Waals surface area contributed by atoms with Crippen LogP contribution in [0.4, 0.5) is 0 Å². The van der Waals surface area contributed by atoms with Crippen LogP contribution in [0.25, 0.3) is 10.9 Å². The zero-order chi connectivity index (χ0) is 17.9. The molecule has 1 amide bonds. The summed E-state index contributed by atoms with van der Waals surface area (Å²) in [6.45, 7) is 3.68. The third-order valence-corrected chi connectivity index (χ3v) is 4.74. The minimum absolute atomic E-state index is 0.0473. The standard InChI is InChI=1S/C19H22N4O3/c1-13-21-18(22-26-13)8-11-25-14-4-3-10-23(12-14)19(24)16-5-2-6-17-15(16)7-9-20-17/h2,5-7,9,14,20H,3-4,8,10-12H2,1H3. The number of nitrogens with one attached hydrogen (secondary N) is 1. The van der Waals surface area contributed by atoms with Gasteiger partial charge in [-0.1, -0.05) is 11.2 Å². The molecule has 0 aliphatic carbocycles. The van der Waals surface area contributed by atoms with Gasteiger partial charge in [-0.05, 0) is 31.0 Å². The Balaban J connectivity index is 1.37. The van der Waals surface area contributed by atoms with Crippen LogP contribution in [0, 0.1) is 6.92 Å². The number of nitrogens with zero attached hydrogens (tertiary/aromatic N) is 3. The molecule has 1 aromatic carbocycles. The molecule has 2 aromatic heterocycles. The molecule has 3 aromatic rings. The Morgan fingerprint density at radius 1 is 1.42 bits per heavy atom. The second kappa shape index (κ2) is 7.29. The van der Waals surface area contributed by atoms with Crippen LogP contribution < -0.4 is 0 Å². The Morgan fingerprint density at radius 3 is 3.19 bits per heavy atom. The molecule has 7 heteroatoms. The summed E-state index contributed by atoms with van der Waals surface area (Å²) in [6, 6.07) is 7.74. The van der Waals surface area contributed by atoms with Gasteiger partial charge >= 0.3 is 0 Å². The van der Waals surface area contributed by atoms with Crippen molar-refractivity contribution in [3.63, 3.8) is 0 Å². The molecule has 0 bridgehead atoms. The Hall–Kier alpha value is -2.67. The number of hydrogen-bond donors (Lipinski definition) is 1. The zero-order valence-corrected chi connectivity index (χ0v) is 14.8. The van der Waals surface area contributed by atoms with Crippen molar-refractivity contribution in [3.05, 3.63) is 47.7 Å². The number of aryl methyl sites for hydroxylation is 1. The first-order chi connectivity index (χ1) is 12.7. The number of aromatic amines is 1. The summed E-state index contributed by atoms with van der Waals surface area (Å²) in [5.41, 5.74) is 1.72. The van der Waals surface area contributed by atoms with Gasteiger partial charge in [-0.25, -0.2) is 0 Å².